The highest BCUT2D eigenvalue weighted by Gasteiger charge is 2.32. The van der Waals surface area contributed by atoms with Crippen LogP contribution in [-0.4, -0.2) is 30.3 Å². The number of aliphatic hydroxyl groups is 1. The molecule has 0 aromatic carbocycles. The Kier molecular flexibility index (Phi) is 4.33. The molecule has 0 aromatic heterocycles. The molecule has 0 radical (unpaired) electrons. The van der Waals surface area contributed by atoms with Crippen LogP contribution in [0.15, 0.2) is 36.0 Å². The van der Waals surface area contributed by atoms with E-state index in [9.17, 15) is 14.7 Å². The average Bonchev–Trinajstić information content (AvgIpc) is 2.53. The molecular weight excluding hydrogens is 228 g/mol. The number of aliphatic hydroxyl groups excluding tert-OH is 1. The number of hydrogen-bond donors (Lipinski definition) is 1. The first-order valence-corrected chi connectivity index (χ1v) is 4.88. The molecule has 0 aliphatic carbocycles. The molecule has 0 saturated heterocycles. The first-order chi connectivity index (χ1) is 8.10. The molecule has 0 saturated carbocycles. The number of hydrogen-bond acceptors (Lipinski definition) is 6. The predicted octanol–water partition coefficient (Wildman–Crippen LogP) is 0.962. The zero-order valence-electron chi connectivity index (χ0n) is 9.26. The lowest BCUT2D eigenvalue weighted by Crippen LogP contribution is -2.03. The molecule has 1 heterocycles. The largest absolute Gasteiger partial charge is 0.499 e. The van der Waals surface area contributed by atoms with Gasteiger partial charge in [0, 0.05) is 0 Å². The van der Waals surface area contributed by atoms with Crippen LogP contribution < -0.4 is 0 Å². The van der Waals surface area contributed by atoms with Gasteiger partial charge in [0.05, 0.1) is 12.7 Å². The third-order valence-electron chi connectivity index (χ3n) is 1.72. The van der Waals surface area contributed by atoms with Crippen LogP contribution >= 0.6 is 0 Å². The molecule has 1 aliphatic heterocycles. The van der Waals surface area contributed by atoms with Crippen LogP contribution in [0.1, 0.15) is 6.92 Å². The topological polar surface area (TPSA) is 82.1 Å². The van der Waals surface area contributed by atoms with Gasteiger partial charge in [0.15, 0.2) is 5.76 Å². The van der Waals surface area contributed by atoms with Gasteiger partial charge in [-0.3, -0.25) is 0 Å². The number of esters is 2. The van der Waals surface area contributed by atoms with Crippen molar-refractivity contribution in [1.29, 1.82) is 0 Å². The van der Waals surface area contributed by atoms with Gasteiger partial charge in [-0.25, -0.2) is 9.59 Å². The lowest BCUT2D eigenvalue weighted by atomic mass is 10.3. The standard InChI is InChI=1S/C11H12O6/c1-3-5-16-10-7(6-8(12)15-4-2)17-11(14)9(10)13/h3,6,13H,1,4-5H2,2H3/b7-6+. The Morgan fingerprint density at radius 2 is 2.29 bits per heavy atom. The third kappa shape index (κ3) is 3.10. The van der Waals surface area contributed by atoms with Gasteiger partial charge in [0.1, 0.15) is 6.61 Å². The van der Waals surface area contributed by atoms with Crippen molar-refractivity contribution in [2.45, 2.75) is 6.92 Å². The fourth-order valence-corrected chi connectivity index (χ4v) is 1.07. The molecule has 0 spiro atoms. The molecule has 1 N–H and O–H groups in total. The summed E-state index contributed by atoms with van der Waals surface area (Å²) < 4.78 is 14.3. The van der Waals surface area contributed by atoms with Gasteiger partial charge < -0.3 is 19.3 Å². The van der Waals surface area contributed by atoms with Crippen molar-refractivity contribution >= 4 is 11.9 Å². The molecule has 0 aromatic rings. The number of carbonyl (C=O) groups is 2. The quantitative estimate of drug-likeness (QED) is 0.438. The van der Waals surface area contributed by atoms with Crippen molar-refractivity contribution in [2.24, 2.45) is 0 Å². The maximum absolute atomic E-state index is 11.2. The molecule has 1 aliphatic rings. The average molecular weight is 240 g/mol. The predicted molar refractivity (Wildman–Crippen MR) is 56.6 cm³/mol. The molecule has 0 atom stereocenters. The molecule has 0 fully saturated rings. The van der Waals surface area contributed by atoms with Crippen molar-refractivity contribution in [2.75, 3.05) is 13.2 Å². The minimum atomic E-state index is -0.973. The third-order valence-corrected chi connectivity index (χ3v) is 1.72. The van der Waals surface area contributed by atoms with Crippen LogP contribution in [0.25, 0.3) is 0 Å². The van der Waals surface area contributed by atoms with E-state index in [1.54, 1.807) is 6.92 Å². The van der Waals surface area contributed by atoms with E-state index in [1.807, 2.05) is 0 Å². The Morgan fingerprint density at radius 1 is 1.59 bits per heavy atom. The Morgan fingerprint density at radius 3 is 2.88 bits per heavy atom. The molecule has 0 bridgehead atoms. The van der Waals surface area contributed by atoms with Crippen molar-refractivity contribution in [1.82, 2.24) is 0 Å². The zero-order chi connectivity index (χ0) is 12.8. The molecule has 6 nitrogen and oxygen atoms in total. The summed E-state index contributed by atoms with van der Waals surface area (Å²) in [5, 5.41) is 9.35. The normalized spacial score (nSPS) is 17.0. The summed E-state index contributed by atoms with van der Waals surface area (Å²) in [7, 11) is 0. The minimum absolute atomic E-state index is 0.0657. The van der Waals surface area contributed by atoms with E-state index in [0.717, 1.165) is 6.08 Å². The lowest BCUT2D eigenvalue weighted by molar-refractivity contribution is -0.137. The second-order valence-corrected chi connectivity index (χ2v) is 2.93. The van der Waals surface area contributed by atoms with E-state index in [2.05, 4.69) is 16.1 Å². The van der Waals surface area contributed by atoms with E-state index in [1.165, 1.54) is 6.08 Å². The second-order valence-electron chi connectivity index (χ2n) is 2.93. The molecule has 1 rings (SSSR count). The van der Waals surface area contributed by atoms with E-state index < -0.39 is 17.7 Å². The van der Waals surface area contributed by atoms with Gasteiger partial charge in [0.2, 0.25) is 11.5 Å². The van der Waals surface area contributed by atoms with Crippen LogP contribution in [-0.2, 0) is 23.8 Å². The van der Waals surface area contributed by atoms with E-state index in [0.29, 0.717) is 0 Å². The van der Waals surface area contributed by atoms with E-state index >= 15 is 0 Å². The van der Waals surface area contributed by atoms with Crippen molar-refractivity contribution in [3.8, 4) is 0 Å². The number of cyclic esters (lactones) is 1. The minimum Gasteiger partial charge on any atom is -0.499 e. The molecule has 0 unspecified atom stereocenters. The molecule has 0 amide bonds. The summed E-state index contributed by atoms with van der Waals surface area (Å²) in [6, 6.07) is 0. The highest BCUT2D eigenvalue weighted by atomic mass is 16.6. The van der Waals surface area contributed by atoms with Crippen molar-refractivity contribution in [3.63, 3.8) is 0 Å². The van der Waals surface area contributed by atoms with Crippen LogP contribution in [0.2, 0.25) is 0 Å². The van der Waals surface area contributed by atoms with Gasteiger partial charge >= 0.3 is 11.9 Å². The van der Waals surface area contributed by atoms with Crippen LogP contribution in [0, 0.1) is 0 Å². The van der Waals surface area contributed by atoms with Crippen molar-refractivity contribution < 1.29 is 28.9 Å². The van der Waals surface area contributed by atoms with Crippen LogP contribution in [0.4, 0.5) is 0 Å². The van der Waals surface area contributed by atoms with E-state index in [-0.39, 0.29) is 24.7 Å². The first kappa shape index (κ1) is 12.8. The molecule has 92 valence electrons. The summed E-state index contributed by atoms with van der Waals surface area (Å²) in [5.41, 5.74) is 0. The second kappa shape index (κ2) is 5.74. The van der Waals surface area contributed by atoms with Gasteiger partial charge in [-0.2, -0.15) is 0 Å². The summed E-state index contributed by atoms with van der Waals surface area (Å²) >= 11 is 0. The Balaban J connectivity index is 2.89. The molecular formula is C11H12O6. The molecule has 6 heteroatoms. The summed E-state index contributed by atoms with van der Waals surface area (Å²) in [4.78, 5) is 22.2. The van der Waals surface area contributed by atoms with Crippen LogP contribution in [0.3, 0.4) is 0 Å². The number of carbonyl (C=O) groups excluding carboxylic acids is 2. The van der Waals surface area contributed by atoms with Gasteiger partial charge in [-0.05, 0) is 6.92 Å². The first-order valence-electron chi connectivity index (χ1n) is 4.88. The highest BCUT2D eigenvalue weighted by Crippen LogP contribution is 2.25. The Bertz CT molecular complexity index is 404. The monoisotopic (exact) mass is 240 g/mol. The maximum atomic E-state index is 11.2. The Hall–Kier alpha value is -2.24. The lowest BCUT2D eigenvalue weighted by Gasteiger charge is -2.04. The fourth-order valence-electron chi connectivity index (χ4n) is 1.07. The molecule has 17 heavy (non-hydrogen) atoms. The Labute approximate surface area is 97.8 Å². The summed E-state index contributed by atoms with van der Waals surface area (Å²) in [6.07, 6.45) is 2.36. The number of rotatable bonds is 5. The van der Waals surface area contributed by atoms with Crippen LogP contribution in [0.5, 0.6) is 0 Å². The fraction of sp³-hybridized carbons (Fsp3) is 0.273. The van der Waals surface area contributed by atoms with Gasteiger partial charge in [-0.15, -0.1) is 0 Å². The summed E-state index contributed by atoms with van der Waals surface area (Å²) in [6.45, 7) is 5.31. The van der Waals surface area contributed by atoms with Crippen molar-refractivity contribution in [3.05, 3.63) is 36.0 Å². The highest BCUT2D eigenvalue weighted by molar-refractivity contribution is 5.93. The zero-order valence-corrected chi connectivity index (χ0v) is 9.26. The smallest absolute Gasteiger partial charge is 0.383 e. The van der Waals surface area contributed by atoms with E-state index in [4.69, 9.17) is 4.74 Å². The SMILES string of the molecule is C=CCOC1=C(O)C(=O)O/C1=C/C(=O)OCC. The maximum Gasteiger partial charge on any atom is 0.383 e. The van der Waals surface area contributed by atoms with Gasteiger partial charge in [-0.1, -0.05) is 12.7 Å². The summed E-state index contributed by atoms with van der Waals surface area (Å²) in [5.74, 6) is -2.71. The van der Waals surface area contributed by atoms with Gasteiger partial charge in [0.25, 0.3) is 0 Å². The number of ether oxygens (including phenoxy) is 3.